The third-order valence-corrected chi connectivity index (χ3v) is 4.97. The van der Waals surface area contributed by atoms with Gasteiger partial charge in [0.15, 0.2) is 0 Å². The predicted octanol–water partition coefficient (Wildman–Crippen LogP) is 3.55. The number of carbonyl (C=O) groups excluding carboxylic acids is 1. The van der Waals surface area contributed by atoms with Gasteiger partial charge in [-0.1, -0.05) is 12.1 Å². The summed E-state index contributed by atoms with van der Waals surface area (Å²) in [5.41, 5.74) is 1.68. The quantitative estimate of drug-likeness (QED) is 0.751. The highest BCUT2D eigenvalue weighted by Crippen LogP contribution is 2.20. The molecule has 0 radical (unpaired) electrons. The lowest BCUT2D eigenvalue weighted by Crippen LogP contribution is -2.44. The van der Waals surface area contributed by atoms with Gasteiger partial charge in [-0.2, -0.15) is 5.10 Å². The highest BCUT2D eigenvalue weighted by molar-refractivity contribution is 5.94. The molecule has 5 nitrogen and oxygen atoms in total. The monoisotopic (exact) mass is 382 g/mol. The van der Waals surface area contributed by atoms with Crippen LogP contribution in [0.25, 0.3) is 5.69 Å². The second kappa shape index (κ2) is 7.80. The maximum atomic E-state index is 13.9. The number of hydrogen-bond acceptors (Lipinski definition) is 3. The van der Waals surface area contributed by atoms with Crippen LogP contribution >= 0.6 is 0 Å². The molecule has 4 rings (SSSR count). The number of hydrogen-bond donors (Lipinski definition) is 1. The first kappa shape index (κ1) is 18.2. The zero-order valence-corrected chi connectivity index (χ0v) is 15.2. The molecule has 0 spiro atoms. The number of amides is 1. The zero-order valence-electron chi connectivity index (χ0n) is 15.2. The van der Waals surface area contributed by atoms with Crippen molar-refractivity contribution in [1.29, 1.82) is 0 Å². The molecule has 1 aromatic heterocycles. The Balaban J connectivity index is 1.35. The Kier molecular flexibility index (Phi) is 5.06. The SMILES string of the molecule is O=C(NC1CCN(c2ccc(F)cc2)CC1)c1cnn(-c2ccccc2F)c1. The molecule has 3 aromatic rings. The van der Waals surface area contributed by atoms with Gasteiger partial charge in [0.05, 0.1) is 11.8 Å². The summed E-state index contributed by atoms with van der Waals surface area (Å²) in [5, 5.41) is 7.12. The second-order valence-electron chi connectivity index (χ2n) is 6.84. The number of nitrogens with zero attached hydrogens (tertiary/aromatic N) is 3. The Hall–Kier alpha value is -3.22. The Morgan fingerprint density at radius 2 is 1.75 bits per heavy atom. The Morgan fingerprint density at radius 3 is 2.46 bits per heavy atom. The van der Waals surface area contributed by atoms with Crippen LogP contribution in [0.15, 0.2) is 60.9 Å². The van der Waals surface area contributed by atoms with Crippen LogP contribution in [-0.4, -0.2) is 34.8 Å². The average Bonchev–Trinajstić information content (AvgIpc) is 3.20. The molecule has 1 aliphatic rings. The first-order chi connectivity index (χ1) is 13.6. The van der Waals surface area contributed by atoms with Crippen molar-refractivity contribution in [2.75, 3.05) is 18.0 Å². The largest absolute Gasteiger partial charge is 0.371 e. The van der Waals surface area contributed by atoms with E-state index in [0.717, 1.165) is 31.6 Å². The molecular weight excluding hydrogens is 362 g/mol. The van der Waals surface area contributed by atoms with Crippen LogP contribution < -0.4 is 10.2 Å². The van der Waals surface area contributed by atoms with Crippen molar-refractivity contribution in [2.24, 2.45) is 0 Å². The van der Waals surface area contributed by atoms with Gasteiger partial charge in [0.1, 0.15) is 17.3 Å². The lowest BCUT2D eigenvalue weighted by atomic mass is 10.0. The first-order valence-electron chi connectivity index (χ1n) is 9.21. The molecule has 144 valence electrons. The van der Waals surface area contributed by atoms with E-state index in [1.54, 1.807) is 30.3 Å². The number of rotatable bonds is 4. The van der Waals surface area contributed by atoms with Gasteiger partial charge in [0, 0.05) is 31.0 Å². The Morgan fingerprint density at radius 1 is 1.04 bits per heavy atom. The summed E-state index contributed by atoms with van der Waals surface area (Å²) in [5.74, 6) is -0.865. The highest BCUT2D eigenvalue weighted by atomic mass is 19.1. The predicted molar refractivity (Wildman–Crippen MR) is 103 cm³/mol. The number of carbonyl (C=O) groups is 1. The van der Waals surface area contributed by atoms with E-state index in [1.807, 2.05) is 0 Å². The van der Waals surface area contributed by atoms with Crippen LogP contribution in [-0.2, 0) is 0 Å². The van der Waals surface area contributed by atoms with Gasteiger partial charge in [-0.15, -0.1) is 0 Å². The van der Waals surface area contributed by atoms with Crippen molar-refractivity contribution in [2.45, 2.75) is 18.9 Å². The summed E-state index contributed by atoms with van der Waals surface area (Å²) >= 11 is 0. The van der Waals surface area contributed by atoms with Crippen LogP contribution in [0.5, 0.6) is 0 Å². The summed E-state index contributed by atoms with van der Waals surface area (Å²) in [6.07, 6.45) is 4.56. The number of benzene rings is 2. The van der Waals surface area contributed by atoms with E-state index in [2.05, 4.69) is 15.3 Å². The van der Waals surface area contributed by atoms with E-state index in [-0.39, 0.29) is 17.8 Å². The van der Waals surface area contributed by atoms with Crippen molar-refractivity contribution in [3.05, 3.63) is 78.1 Å². The molecule has 2 heterocycles. The summed E-state index contributed by atoms with van der Waals surface area (Å²) < 4.78 is 28.3. The highest BCUT2D eigenvalue weighted by Gasteiger charge is 2.22. The molecule has 0 unspecified atom stereocenters. The van der Waals surface area contributed by atoms with Crippen LogP contribution in [0.4, 0.5) is 14.5 Å². The van der Waals surface area contributed by atoms with Crippen molar-refractivity contribution < 1.29 is 13.6 Å². The number of piperidine rings is 1. The van der Waals surface area contributed by atoms with Crippen molar-refractivity contribution in [3.8, 4) is 5.69 Å². The lowest BCUT2D eigenvalue weighted by Gasteiger charge is -2.33. The minimum atomic E-state index is -0.397. The third-order valence-electron chi connectivity index (χ3n) is 4.97. The van der Waals surface area contributed by atoms with Crippen molar-refractivity contribution in [3.63, 3.8) is 0 Å². The number of anilines is 1. The normalized spacial score (nSPS) is 14.9. The maximum Gasteiger partial charge on any atom is 0.254 e. The molecular formula is C21H20F2N4O. The molecule has 1 saturated heterocycles. The molecule has 1 aliphatic heterocycles. The lowest BCUT2D eigenvalue weighted by molar-refractivity contribution is 0.0931. The number of halogens is 2. The number of nitrogens with one attached hydrogen (secondary N) is 1. The van der Waals surface area contributed by atoms with E-state index in [0.29, 0.717) is 11.3 Å². The van der Waals surface area contributed by atoms with Crippen molar-refractivity contribution in [1.82, 2.24) is 15.1 Å². The minimum Gasteiger partial charge on any atom is -0.371 e. The molecule has 0 atom stereocenters. The van der Waals surface area contributed by atoms with E-state index in [9.17, 15) is 13.6 Å². The van der Waals surface area contributed by atoms with Crippen LogP contribution in [0, 0.1) is 11.6 Å². The van der Waals surface area contributed by atoms with Gasteiger partial charge < -0.3 is 10.2 Å². The fourth-order valence-electron chi connectivity index (χ4n) is 3.41. The van der Waals surface area contributed by atoms with E-state index >= 15 is 0 Å². The fraction of sp³-hybridized carbons (Fsp3) is 0.238. The molecule has 2 aromatic carbocycles. The fourth-order valence-corrected chi connectivity index (χ4v) is 3.41. The maximum absolute atomic E-state index is 13.9. The third kappa shape index (κ3) is 3.88. The first-order valence-corrected chi connectivity index (χ1v) is 9.21. The summed E-state index contributed by atoms with van der Waals surface area (Å²) in [4.78, 5) is 14.7. The van der Waals surface area contributed by atoms with Gasteiger partial charge in [-0.3, -0.25) is 4.79 Å². The standard InChI is InChI=1S/C21H20F2N4O/c22-16-5-7-18(8-6-16)26-11-9-17(10-12-26)25-21(28)15-13-24-27(14-15)20-4-2-1-3-19(20)23/h1-8,13-14,17H,9-12H2,(H,25,28). The van der Waals surface area contributed by atoms with E-state index < -0.39 is 5.82 Å². The minimum absolute atomic E-state index is 0.0565. The number of para-hydroxylation sites is 1. The molecule has 28 heavy (non-hydrogen) atoms. The smallest absolute Gasteiger partial charge is 0.254 e. The zero-order chi connectivity index (χ0) is 19.5. The molecule has 1 amide bonds. The summed E-state index contributed by atoms with van der Waals surface area (Å²) in [7, 11) is 0. The molecule has 1 N–H and O–H groups in total. The van der Waals surface area contributed by atoms with Crippen molar-refractivity contribution >= 4 is 11.6 Å². The molecule has 1 fully saturated rings. The Labute approximate surface area is 161 Å². The van der Waals surface area contributed by atoms with Crippen LogP contribution in [0.3, 0.4) is 0 Å². The molecule has 0 saturated carbocycles. The molecule has 0 bridgehead atoms. The van der Waals surface area contributed by atoms with Gasteiger partial charge >= 0.3 is 0 Å². The van der Waals surface area contributed by atoms with Gasteiger partial charge in [0.2, 0.25) is 0 Å². The van der Waals surface area contributed by atoms with Gasteiger partial charge in [0.25, 0.3) is 5.91 Å². The van der Waals surface area contributed by atoms with Gasteiger partial charge in [-0.05, 0) is 49.2 Å². The topological polar surface area (TPSA) is 50.2 Å². The van der Waals surface area contributed by atoms with Gasteiger partial charge in [-0.25, -0.2) is 13.5 Å². The summed E-state index contributed by atoms with van der Waals surface area (Å²) in [6.45, 7) is 1.57. The molecule has 7 heteroatoms. The average molecular weight is 382 g/mol. The Bertz CT molecular complexity index is 963. The van der Waals surface area contributed by atoms with Crippen LogP contribution in [0.2, 0.25) is 0 Å². The number of aromatic nitrogens is 2. The van der Waals surface area contributed by atoms with Crippen LogP contribution in [0.1, 0.15) is 23.2 Å². The summed E-state index contributed by atoms with van der Waals surface area (Å²) in [6, 6.07) is 12.8. The van der Waals surface area contributed by atoms with E-state index in [1.165, 1.54) is 35.3 Å². The molecule has 0 aliphatic carbocycles. The second-order valence-corrected chi connectivity index (χ2v) is 6.84. The van der Waals surface area contributed by atoms with E-state index in [4.69, 9.17) is 0 Å².